The molecular weight excluding hydrogens is 238 g/mol. The number of nitrogens with two attached hydrogens (primary N) is 1. The van der Waals surface area contributed by atoms with Crippen molar-refractivity contribution in [2.45, 2.75) is 20.8 Å². The summed E-state index contributed by atoms with van der Waals surface area (Å²) < 4.78 is 5.80. The third-order valence-electron chi connectivity index (χ3n) is 2.98. The zero-order valence-electron chi connectivity index (χ0n) is 11.3. The number of hydrogen-bond donors (Lipinski definition) is 2. The van der Waals surface area contributed by atoms with Crippen LogP contribution in [0.3, 0.4) is 0 Å². The molecule has 0 amide bonds. The summed E-state index contributed by atoms with van der Waals surface area (Å²) in [6.07, 6.45) is 0. The Kier molecular flexibility index (Phi) is 3.51. The lowest BCUT2D eigenvalue weighted by Gasteiger charge is -2.11. The number of benzene rings is 1. The highest BCUT2D eigenvalue weighted by Gasteiger charge is 2.07. The van der Waals surface area contributed by atoms with Gasteiger partial charge in [-0.2, -0.15) is 0 Å². The van der Waals surface area contributed by atoms with E-state index in [0.29, 0.717) is 11.6 Å². The number of rotatable bonds is 3. The standard InChI is InChI=1S/C15H17N3O/c1-9-7-10(2)11(3)13(8-9)19-14-6-4-5-12(18-14)15(16)17/h4-8H,1-3H3,(H3,16,17). The smallest absolute Gasteiger partial charge is 0.219 e. The van der Waals surface area contributed by atoms with Gasteiger partial charge in [-0.15, -0.1) is 0 Å². The molecule has 0 aliphatic heterocycles. The predicted molar refractivity (Wildman–Crippen MR) is 76.0 cm³/mol. The Hall–Kier alpha value is -2.36. The first kappa shape index (κ1) is 13.1. The average molecular weight is 255 g/mol. The summed E-state index contributed by atoms with van der Waals surface area (Å²) >= 11 is 0. The van der Waals surface area contributed by atoms with Gasteiger partial charge < -0.3 is 10.5 Å². The number of hydrogen-bond acceptors (Lipinski definition) is 3. The summed E-state index contributed by atoms with van der Waals surface area (Å²) in [5, 5.41) is 7.38. The number of nitrogens with zero attached hydrogens (tertiary/aromatic N) is 1. The minimum Gasteiger partial charge on any atom is -0.439 e. The maximum atomic E-state index is 7.38. The molecule has 0 aliphatic carbocycles. The van der Waals surface area contributed by atoms with E-state index in [4.69, 9.17) is 15.9 Å². The van der Waals surface area contributed by atoms with Crippen molar-refractivity contribution in [3.05, 3.63) is 52.7 Å². The monoisotopic (exact) mass is 255 g/mol. The van der Waals surface area contributed by atoms with Gasteiger partial charge in [0.1, 0.15) is 17.3 Å². The molecule has 2 rings (SSSR count). The van der Waals surface area contributed by atoms with E-state index in [9.17, 15) is 0 Å². The van der Waals surface area contributed by atoms with Crippen molar-refractivity contribution in [1.29, 1.82) is 5.41 Å². The van der Waals surface area contributed by atoms with E-state index in [1.165, 1.54) is 5.56 Å². The molecule has 0 radical (unpaired) electrons. The lowest BCUT2D eigenvalue weighted by atomic mass is 10.1. The van der Waals surface area contributed by atoms with E-state index < -0.39 is 0 Å². The molecule has 98 valence electrons. The molecule has 1 heterocycles. The summed E-state index contributed by atoms with van der Waals surface area (Å²) in [5.41, 5.74) is 9.24. The van der Waals surface area contributed by atoms with Crippen LogP contribution in [0.2, 0.25) is 0 Å². The van der Waals surface area contributed by atoms with Crippen molar-refractivity contribution < 1.29 is 4.74 Å². The Balaban J connectivity index is 2.36. The highest BCUT2D eigenvalue weighted by Crippen LogP contribution is 2.27. The topological polar surface area (TPSA) is 72.0 Å². The van der Waals surface area contributed by atoms with Gasteiger partial charge in [-0.05, 0) is 49.6 Å². The number of amidine groups is 1. The highest BCUT2D eigenvalue weighted by atomic mass is 16.5. The average Bonchev–Trinajstić information content (AvgIpc) is 2.35. The van der Waals surface area contributed by atoms with Crippen LogP contribution in [0, 0.1) is 26.2 Å². The van der Waals surface area contributed by atoms with E-state index in [1.807, 2.05) is 19.9 Å². The summed E-state index contributed by atoms with van der Waals surface area (Å²) in [6, 6.07) is 9.30. The van der Waals surface area contributed by atoms with Crippen molar-refractivity contribution in [2.24, 2.45) is 5.73 Å². The summed E-state index contributed by atoms with van der Waals surface area (Å²) in [6.45, 7) is 6.09. The summed E-state index contributed by atoms with van der Waals surface area (Å²) in [7, 11) is 0. The number of nitrogen functional groups attached to an aromatic ring is 1. The molecule has 1 aromatic heterocycles. The largest absolute Gasteiger partial charge is 0.439 e. The molecule has 0 bridgehead atoms. The fraction of sp³-hybridized carbons (Fsp3) is 0.200. The van der Waals surface area contributed by atoms with E-state index in [-0.39, 0.29) is 5.84 Å². The minimum atomic E-state index is -0.0670. The Morgan fingerprint density at radius 3 is 2.63 bits per heavy atom. The second kappa shape index (κ2) is 5.10. The van der Waals surface area contributed by atoms with E-state index in [2.05, 4.69) is 18.0 Å². The molecule has 4 heteroatoms. The number of nitrogens with one attached hydrogen (secondary N) is 1. The summed E-state index contributed by atoms with van der Waals surface area (Å²) in [4.78, 5) is 4.20. The maximum Gasteiger partial charge on any atom is 0.219 e. The molecule has 0 spiro atoms. The van der Waals surface area contributed by atoms with Crippen molar-refractivity contribution in [2.75, 3.05) is 0 Å². The first-order valence-corrected chi connectivity index (χ1v) is 6.04. The molecule has 19 heavy (non-hydrogen) atoms. The molecule has 1 aromatic carbocycles. The number of aromatic nitrogens is 1. The van der Waals surface area contributed by atoms with Crippen molar-refractivity contribution in [1.82, 2.24) is 4.98 Å². The van der Waals surface area contributed by atoms with Crippen molar-refractivity contribution >= 4 is 5.84 Å². The summed E-state index contributed by atoms with van der Waals surface area (Å²) in [5.74, 6) is 1.16. The first-order chi connectivity index (χ1) is 8.97. The number of pyridine rings is 1. The van der Waals surface area contributed by atoms with Crippen LogP contribution >= 0.6 is 0 Å². The Bertz CT molecular complexity index is 635. The van der Waals surface area contributed by atoms with Crippen LogP contribution in [-0.4, -0.2) is 10.8 Å². The molecule has 0 saturated heterocycles. The number of aryl methyl sites for hydroxylation is 2. The lowest BCUT2D eigenvalue weighted by Crippen LogP contribution is -2.13. The molecular formula is C15H17N3O. The van der Waals surface area contributed by atoms with E-state index in [0.717, 1.165) is 16.9 Å². The molecule has 0 unspecified atom stereocenters. The zero-order chi connectivity index (χ0) is 14.0. The van der Waals surface area contributed by atoms with Gasteiger partial charge in [0.25, 0.3) is 0 Å². The minimum absolute atomic E-state index is 0.0670. The normalized spacial score (nSPS) is 10.3. The zero-order valence-corrected chi connectivity index (χ0v) is 11.3. The van der Waals surface area contributed by atoms with Crippen LogP contribution in [0.25, 0.3) is 0 Å². The van der Waals surface area contributed by atoms with Crippen LogP contribution in [0.1, 0.15) is 22.4 Å². The SMILES string of the molecule is Cc1cc(C)c(C)c(Oc2cccc(C(=N)N)n2)c1. The van der Waals surface area contributed by atoms with Crippen LogP contribution < -0.4 is 10.5 Å². The molecule has 0 aliphatic rings. The fourth-order valence-corrected chi connectivity index (χ4v) is 1.84. The Labute approximate surface area is 112 Å². The molecule has 3 N–H and O–H groups in total. The second-order valence-electron chi connectivity index (χ2n) is 4.58. The first-order valence-electron chi connectivity index (χ1n) is 6.04. The molecule has 4 nitrogen and oxygen atoms in total. The van der Waals surface area contributed by atoms with Crippen LogP contribution in [-0.2, 0) is 0 Å². The van der Waals surface area contributed by atoms with Gasteiger partial charge in [-0.25, -0.2) is 4.98 Å². The van der Waals surface area contributed by atoms with E-state index in [1.54, 1.807) is 18.2 Å². The molecule has 2 aromatic rings. The van der Waals surface area contributed by atoms with Gasteiger partial charge in [0.2, 0.25) is 5.88 Å². The van der Waals surface area contributed by atoms with Crippen molar-refractivity contribution in [3.8, 4) is 11.6 Å². The van der Waals surface area contributed by atoms with Crippen LogP contribution in [0.4, 0.5) is 0 Å². The van der Waals surface area contributed by atoms with Gasteiger partial charge in [-0.3, -0.25) is 5.41 Å². The molecule has 0 saturated carbocycles. The van der Waals surface area contributed by atoms with Crippen molar-refractivity contribution in [3.63, 3.8) is 0 Å². The lowest BCUT2D eigenvalue weighted by molar-refractivity contribution is 0.458. The third kappa shape index (κ3) is 2.91. The Morgan fingerprint density at radius 1 is 1.21 bits per heavy atom. The van der Waals surface area contributed by atoms with Crippen LogP contribution in [0.15, 0.2) is 30.3 Å². The van der Waals surface area contributed by atoms with Gasteiger partial charge >= 0.3 is 0 Å². The van der Waals surface area contributed by atoms with Gasteiger partial charge in [0.15, 0.2) is 0 Å². The highest BCUT2D eigenvalue weighted by molar-refractivity contribution is 5.93. The second-order valence-corrected chi connectivity index (χ2v) is 4.58. The van der Waals surface area contributed by atoms with Gasteiger partial charge in [0, 0.05) is 6.07 Å². The van der Waals surface area contributed by atoms with E-state index >= 15 is 0 Å². The third-order valence-corrected chi connectivity index (χ3v) is 2.98. The van der Waals surface area contributed by atoms with Crippen LogP contribution in [0.5, 0.6) is 11.6 Å². The predicted octanol–water partition coefficient (Wildman–Crippen LogP) is 3.08. The quantitative estimate of drug-likeness (QED) is 0.654. The van der Waals surface area contributed by atoms with Gasteiger partial charge in [0.05, 0.1) is 0 Å². The molecule has 0 atom stereocenters. The number of ether oxygens (including phenoxy) is 1. The molecule has 0 fully saturated rings. The maximum absolute atomic E-state index is 7.38. The Morgan fingerprint density at radius 2 is 1.95 bits per heavy atom. The van der Waals surface area contributed by atoms with Gasteiger partial charge in [-0.1, -0.05) is 12.1 Å². The fourth-order valence-electron chi connectivity index (χ4n) is 1.84.